The van der Waals surface area contributed by atoms with Crippen molar-refractivity contribution in [2.75, 3.05) is 0 Å². The maximum Gasteiger partial charge on any atom is 0.345 e. The van der Waals surface area contributed by atoms with Crippen LogP contribution in [0.4, 0.5) is 0 Å². The van der Waals surface area contributed by atoms with E-state index in [1.165, 1.54) is 6.26 Å². The summed E-state index contributed by atoms with van der Waals surface area (Å²) in [5.41, 5.74) is 1.08. The molecule has 2 aromatic heterocycles. The first kappa shape index (κ1) is 9.84. The Morgan fingerprint density at radius 1 is 1.24 bits per heavy atom. The molecule has 0 N–H and O–H groups in total. The number of para-hydroxylation sites is 1. The van der Waals surface area contributed by atoms with Crippen LogP contribution < -0.4 is 5.63 Å². The number of hydrogen-bond donors (Lipinski definition) is 0. The molecule has 0 unspecified atom stereocenters. The van der Waals surface area contributed by atoms with Crippen LogP contribution in [0, 0.1) is 6.92 Å². The maximum atomic E-state index is 11.8. The molecule has 2 heterocycles. The van der Waals surface area contributed by atoms with E-state index in [4.69, 9.17) is 8.83 Å². The third kappa shape index (κ3) is 1.63. The Balaban J connectivity index is 2.30. The van der Waals surface area contributed by atoms with Gasteiger partial charge in [0.2, 0.25) is 0 Å². The van der Waals surface area contributed by atoms with Crippen molar-refractivity contribution in [2.24, 2.45) is 0 Å². The summed E-state index contributed by atoms with van der Waals surface area (Å²) in [6.07, 6.45) is 1.45. The summed E-state index contributed by atoms with van der Waals surface area (Å²) in [4.78, 5) is 15.9. The number of fused-ring (bicyclic) bond motifs is 1. The zero-order valence-corrected chi connectivity index (χ0v) is 9.14. The SMILES string of the molecule is Cc1nc(-c2cc3ccccc3oc2=O)co1. The van der Waals surface area contributed by atoms with Gasteiger partial charge >= 0.3 is 5.63 Å². The average molecular weight is 227 g/mol. The molecule has 4 heteroatoms. The number of rotatable bonds is 1. The predicted octanol–water partition coefficient (Wildman–Crippen LogP) is 2.76. The second kappa shape index (κ2) is 3.59. The largest absolute Gasteiger partial charge is 0.449 e. The highest BCUT2D eigenvalue weighted by atomic mass is 16.4. The first-order valence-electron chi connectivity index (χ1n) is 5.19. The van der Waals surface area contributed by atoms with E-state index in [1.807, 2.05) is 18.2 Å². The first-order chi connectivity index (χ1) is 8.24. The Hall–Kier alpha value is -2.36. The van der Waals surface area contributed by atoms with E-state index < -0.39 is 5.63 Å². The van der Waals surface area contributed by atoms with Crippen molar-refractivity contribution in [1.82, 2.24) is 4.98 Å². The van der Waals surface area contributed by atoms with Gasteiger partial charge in [-0.3, -0.25) is 0 Å². The summed E-state index contributed by atoms with van der Waals surface area (Å²) >= 11 is 0. The number of oxazole rings is 1. The number of nitrogens with zero attached hydrogens (tertiary/aromatic N) is 1. The van der Waals surface area contributed by atoms with Gasteiger partial charge in [-0.2, -0.15) is 0 Å². The number of benzene rings is 1. The normalized spacial score (nSPS) is 10.9. The van der Waals surface area contributed by atoms with E-state index in [2.05, 4.69) is 4.98 Å². The molecule has 3 rings (SSSR count). The van der Waals surface area contributed by atoms with Gasteiger partial charge in [-0.25, -0.2) is 9.78 Å². The molecule has 0 aliphatic rings. The van der Waals surface area contributed by atoms with Crippen LogP contribution in [0.15, 0.2) is 50.2 Å². The number of aryl methyl sites for hydroxylation is 1. The predicted molar refractivity (Wildman–Crippen MR) is 62.7 cm³/mol. The van der Waals surface area contributed by atoms with Gasteiger partial charge in [0.15, 0.2) is 5.89 Å². The summed E-state index contributed by atoms with van der Waals surface area (Å²) in [6, 6.07) is 9.12. The van der Waals surface area contributed by atoms with Crippen LogP contribution in [-0.2, 0) is 0 Å². The van der Waals surface area contributed by atoms with Crippen molar-refractivity contribution in [3.8, 4) is 11.3 Å². The minimum Gasteiger partial charge on any atom is -0.449 e. The van der Waals surface area contributed by atoms with Crippen molar-refractivity contribution < 1.29 is 8.83 Å². The molecule has 0 amide bonds. The number of hydrogen-bond acceptors (Lipinski definition) is 4. The van der Waals surface area contributed by atoms with Crippen LogP contribution >= 0.6 is 0 Å². The van der Waals surface area contributed by atoms with Crippen LogP contribution in [-0.4, -0.2) is 4.98 Å². The van der Waals surface area contributed by atoms with E-state index in [1.54, 1.807) is 19.1 Å². The molecule has 0 bridgehead atoms. The van der Waals surface area contributed by atoms with Gasteiger partial charge in [0.1, 0.15) is 17.5 Å². The van der Waals surface area contributed by atoms with E-state index in [-0.39, 0.29) is 0 Å². The maximum absolute atomic E-state index is 11.8. The van der Waals surface area contributed by atoms with Gasteiger partial charge < -0.3 is 8.83 Å². The summed E-state index contributed by atoms with van der Waals surface area (Å²) in [5.74, 6) is 0.521. The average Bonchev–Trinajstić information content (AvgIpc) is 2.75. The molecule has 1 aromatic carbocycles. The molecule has 0 saturated carbocycles. The first-order valence-corrected chi connectivity index (χ1v) is 5.19. The Morgan fingerprint density at radius 3 is 2.82 bits per heavy atom. The monoisotopic (exact) mass is 227 g/mol. The third-order valence-electron chi connectivity index (χ3n) is 2.54. The fourth-order valence-corrected chi connectivity index (χ4v) is 1.73. The van der Waals surface area contributed by atoms with Crippen molar-refractivity contribution >= 4 is 11.0 Å². The smallest absolute Gasteiger partial charge is 0.345 e. The lowest BCUT2D eigenvalue weighted by Gasteiger charge is -1.98. The molecular formula is C13H9NO3. The lowest BCUT2D eigenvalue weighted by molar-refractivity contribution is 0.521. The highest BCUT2D eigenvalue weighted by Crippen LogP contribution is 2.20. The van der Waals surface area contributed by atoms with E-state index in [9.17, 15) is 4.79 Å². The van der Waals surface area contributed by atoms with Crippen molar-refractivity contribution in [3.63, 3.8) is 0 Å². The lowest BCUT2D eigenvalue weighted by atomic mass is 10.1. The molecule has 84 valence electrons. The van der Waals surface area contributed by atoms with Gasteiger partial charge in [-0.1, -0.05) is 18.2 Å². The summed E-state index contributed by atoms with van der Waals surface area (Å²) < 4.78 is 10.3. The van der Waals surface area contributed by atoms with Gasteiger partial charge in [-0.15, -0.1) is 0 Å². The standard InChI is InChI=1S/C13H9NO3/c1-8-14-11(7-16-8)10-6-9-4-2-3-5-12(9)17-13(10)15/h2-7H,1H3. The molecule has 17 heavy (non-hydrogen) atoms. The fourth-order valence-electron chi connectivity index (χ4n) is 1.73. The molecule has 4 nitrogen and oxygen atoms in total. The van der Waals surface area contributed by atoms with Crippen LogP contribution in [0.2, 0.25) is 0 Å². The van der Waals surface area contributed by atoms with Gasteiger partial charge in [0.25, 0.3) is 0 Å². The Morgan fingerprint density at radius 2 is 2.06 bits per heavy atom. The van der Waals surface area contributed by atoms with Crippen molar-refractivity contribution in [2.45, 2.75) is 6.92 Å². The highest BCUT2D eigenvalue weighted by Gasteiger charge is 2.10. The zero-order chi connectivity index (χ0) is 11.8. The highest BCUT2D eigenvalue weighted by molar-refractivity contribution is 5.80. The molecule has 0 spiro atoms. The lowest BCUT2D eigenvalue weighted by Crippen LogP contribution is -2.02. The minimum absolute atomic E-state index is 0.406. The van der Waals surface area contributed by atoms with E-state index in [0.717, 1.165) is 5.39 Å². The summed E-state index contributed by atoms with van der Waals surface area (Å²) in [6.45, 7) is 1.73. The van der Waals surface area contributed by atoms with Crippen LogP contribution in [0.5, 0.6) is 0 Å². The molecule has 0 aliphatic carbocycles. The molecule has 0 atom stereocenters. The number of aromatic nitrogens is 1. The summed E-state index contributed by atoms with van der Waals surface area (Å²) in [7, 11) is 0. The molecular weight excluding hydrogens is 218 g/mol. The van der Waals surface area contributed by atoms with Crippen molar-refractivity contribution in [1.29, 1.82) is 0 Å². The molecule has 0 saturated heterocycles. The minimum atomic E-state index is -0.406. The van der Waals surface area contributed by atoms with E-state index in [0.29, 0.717) is 22.7 Å². The fraction of sp³-hybridized carbons (Fsp3) is 0.0769. The second-order valence-corrected chi connectivity index (χ2v) is 3.74. The van der Waals surface area contributed by atoms with Crippen molar-refractivity contribution in [3.05, 3.63) is 52.9 Å². The van der Waals surface area contributed by atoms with Crippen LogP contribution in [0.3, 0.4) is 0 Å². The van der Waals surface area contributed by atoms with Gasteiger partial charge in [-0.05, 0) is 12.1 Å². The van der Waals surface area contributed by atoms with Crippen LogP contribution in [0.25, 0.3) is 22.2 Å². The quantitative estimate of drug-likeness (QED) is 0.600. The zero-order valence-electron chi connectivity index (χ0n) is 9.14. The molecule has 0 fully saturated rings. The second-order valence-electron chi connectivity index (χ2n) is 3.74. The topological polar surface area (TPSA) is 56.2 Å². The van der Waals surface area contributed by atoms with Crippen LogP contribution in [0.1, 0.15) is 5.89 Å². The Labute approximate surface area is 96.5 Å². The van der Waals surface area contributed by atoms with Gasteiger partial charge in [0.05, 0.1) is 5.56 Å². The molecule has 0 radical (unpaired) electrons. The van der Waals surface area contributed by atoms with E-state index >= 15 is 0 Å². The third-order valence-corrected chi connectivity index (χ3v) is 2.54. The summed E-state index contributed by atoms with van der Waals surface area (Å²) in [5, 5.41) is 0.864. The Bertz CT molecular complexity index is 740. The molecule has 3 aromatic rings. The Kier molecular flexibility index (Phi) is 2.08. The van der Waals surface area contributed by atoms with Gasteiger partial charge in [0, 0.05) is 12.3 Å². The molecule has 0 aliphatic heterocycles.